The third-order valence-corrected chi connectivity index (χ3v) is 5.21. The van der Waals surface area contributed by atoms with Gasteiger partial charge in [-0.3, -0.25) is 4.79 Å². The average molecular weight is 375 g/mol. The highest BCUT2D eigenvalue weighted by Gasteiger charge is 2.10. The van der Waals surface area contributed by atoms with Crippen LogP contribution in [0, 0.1) is 0 Å². The zero-order valence-corrected chi connectivity index (χ0v) is 16.3. The number of H-pyrrole nitrogens is 2. The Morgan fingerprint density at radius 3 is 2.50 bits per heavy atom. The van der Waals surface area contributed by atoms with E-state index in [2.05, 4.69) is 28.7 Å². The van der Waals surface area contributed by atoms with E-state index in [0.29, 0.717) is 12.2 Å². The fourth-order valence-corrected chi connectivity index (χ4v) is 3.53. The number of ether oxygens (including phenoxy) is 1. The molecule has 0 fully saturated rings. The summed E-state index contributed by atoms with van der Waals surface area (Å²) in [5.74, 6) is 0.845. The third-order valence-electron chi connectivity index (χ3n) is 5.21. The second-order valence-electron chi connectivity index (χ2n) is 6.91. The number of rotatable bonds is 7. The lowest BCUT2D eigenvalue weighted by molar-refractivity contribution is 0.223. The smallest absolute Gasteiger partial charge is 0.257 e. The van der Waals surface area contributed by atoms with E-state index in [9.17, 15) is 4.79 Å². The van der Waals surface area contributed by atoms with Gasteiger partial charge in [0.05, 0.1) is 11.3 Å². The topological polar surface area (TPSA) is 61.1 Å². The largest absolute Gasteiger partial charge is 0.492 e. The van der Waals surface area contributed by atoms with Gasteiger partial charge in [-0.15, -0.1) is 0 Å². The first kappa shape index (κ1) is 18.3. The summed E-state index contributed by atoms with van der Waals surface area (Å²) in [6, 6.07) is 17.7. The van der Waals surface area contributed by atoms with Gasteiger partial charge in [-0.1, -0.05) is 32.0 Å². The van der Waals surface area contributed by atoms with Crippen molar-refractivity contribution in [1.29, 1.82) is 0 Å². The van der Waals surface area contributed by atoms with Crippen molar-refractivity contribution in [2.24, 2.45) is 0 Å². The Hall–Kier alpha value is -3.05. The standard InChI is InChI=1S/C23H25N3O2/c1-3-26(4-2)11-12-28-18-9-10-21-17(13-18)15-22(24-21)19-14-16-7-5-6-8-20(16)25-23(19)27/h5-10,13-15,24H,3-4,11-12H2,1-2H3,(H,25,27). The summed E-state index contributed by atoms with van der Waals surface area (Å²) in [6.07, 6.45) is 0. The molecule has 0 radical (unpaired) electrons. The van der Waals surface area contributed by atoms with Crippen molar-refractivity contribution in [3.8, 4) is 17.0 Å². The van der Waals surface area contributed by atoms with E-state index in [1.807, 2.05) is 54.6 Å². The molecule has 2 aromatic carbocycles. The molecule has 5 nitrogen and oxygen atoms in total. The number of nitrogens with one attached hydrogen (secondary N) is 2. The maximum Gasteiger partial charge on any atom is 0.257 e. The summed E-state index contributed by atoms with van der Waals surface area (Å²) < 4.78 is 5.92. The lowest BCUT2D eigenvalue weighted by Gasteiger charge is -2.17. The van der Waals surface area contributed by atoms with Gasteiger partial charge in [0, 0.05) is 23.0 Å². The number of nitrogens with zero attached hydrogens (tertiary/aromatic N) is 1. The first-order valence-electron chi connectivity index (χ1n) is 9.78. The molecule has 0 spiro atoms. The summed E-state index contributed by atoms with van der Waals surface area (Å²) in [5, 5.41) is 2.04. The van der Waals surface area contributed by atoms with Crippen molar-refractivity contribution < 1.29 is 4.74 Å². The molecule has 0 atom stereocenters. The van der Waals surface area contributed by atoms with Crippen LogP contribution >= 0.6 is 0 Å². The maximum atomic E-state index is 12.5. The van der Waals surface area contributed by atoms with Crippen molar-refractivity contribution in [2.75, 3.05) is 26.2 Å². The molecule has 5 heteroatoms. The van der Waals surface area contributed by atoms with Crippen LogP contribution in [-0.2, 0) is 0 Å². The Morgan fingerprint density at radius 1 is 0.893 bits per heavy atom. The highest BCUT2D eigenvalue weighted by atomic mass is 16.5. The van der Waals surface area contributed by atoms with E-state index in [1.165, 1.54) is 0 Å². The van der Waals surface area contributed by atoms with E-state index < -0.39 is 0 Å². The molecule has 144 valence electrons. The molecule has 0 bridgehead atoms. The van der Waals surface area contributed by atoms with Gasteiger partial charge in [0.2, 0.25) is 0 Å². The second kappa shape index (κ2) is 7.90. The minimum Gasteiger partial charge on any atom is -0.492 e. The minimum atomic E-state index is -0.0963. The van der Waals surface area contributed by atoms with Gasteiger partial charge in [0.25, 0.3) is 5.56 Å². The predicted octanol–water partition coefficient (Wildman–Crippen LogP) is 4.40. The van der Waals surface area contributed by atoms with Crippen LogP contribution in [0.25, 0.3) is 33.1 Å². The molecule has 0 aliphatic carbocycles. The molecule has 4 aromatic rings. The summed E-state index contributed by atoms with van der Waals surface area (Å²) in [7, 11) is 0. The Bertz CT molecular complexity index is 1160. The Morgan fingerprint density at radius 2 is 1.68 bits per heavy atom. The van der Waals surface area contributed by atoms with E-state index >= 15 is 0 Å². The highest BCUT2D eigenvalue weighted by Crippen LogP contribution is 2.26. The van der Waals surface area contributed by atoms with Gasteiger partial charge in [0.1, 0.15) is 12.4 Å². The number of fused-ring (bicyclic) bond motifs is 2. The van der Waals surface area contributed by atoms with Gasteiger partial charge in [-0.2, -0.15) is 0 Å². The van der Waals surface area contributed by atoms with E-state index in [-0.39, 0.29) is 5.56 Å². The molecule has 0 aliphatic heterocycles. The van der Waals surface area contributed by atoms with Crippen molar-refractivity contribution >= 4 is 21.8 Å². The van der Waals surface area contributed by atoms with Crippen LogP contribution in [0.5, 0.6) is 5.75 Å². The fraction of sp³-hybridized carbons (Fsp3) is 0.261. The SMILES string of the molecule is CCN(CC)CCOc1ccc2[nH]c(-c3cc4ccccc4[nH]c3=O)cc2c1. The molecular formula is C23H25N3O2. The lowest BCUT2D eigenvalue weighted by atomic mass is 10.1. The van der Waals surface area contributed by atoms with Crippen LogP contribution in [0.15, 0.2) is 59.4 Å². The Balaban J connectivity index is 1.60. The molecular weight excluding hydrogens is 350 g/mol. The number of pyridine rings is 1. The number of aromatic amines is 2. The molecule has 0 saturated heterocycles. The quantitative estimate of drug-likeness (QED) is 0.503. The van der Waals surface area contributed by atoms with Crippen molar-refractivity contribution in [3.63, 3.8) is 0 Å². The molecule has 28 heavy (non-hydrogen) atoms. The van der Waals surface area contributed by atoms with Gasteiger partial charge in [-0.25, -0.2) is 0 Å². The molecule has 4 rings (SSSR count). The van der Waals surface area contributed by atoms with E-state index in [1.54, 1.807) is 0 Å². The molecule has 2 heterocycles. The monoisotopic (exact) mass is 375 g/mol. The second-order valence-corrected chi connectivity index (χ2v) is 6.91. The Kier molecular flexibility index (Phi) is 5.17. The number of likely N-dealkylation sites (N-methyl/N-ethyl adjacent to an activating group) is 1. The molecule has 0 amide bonds. The number of para-hydroxylation sites is 1. The first-order valence-corrected chi connectivity index (χ1v) is 9.78. The van der Waals surface area contributed by atoms with Crippen LogP contribution < -0.4 is 10.3 Å². The number of hydrogen-bond donors (Lipinski definition) is 2. The van der Waals surface area contributed by atoms with Crippen LogP contribution in [0.3, 0.4) is 0 Å². The van der Waals surface area contributed by atoms with Gasteiger partial charge >= 0.3 is 0 Å². The van der Waals surface area contributed by atoms with Crippen molar-refractivity contribution in [2.45, 2.75) is 13.8 Å². The lowest BCUT2D eigenvalue weighted by Crippen LogP contribution is -2.27. The van der Waals surface area contributed by atoms with Crippen LogP contribution in [0.1, 0.15) is 13.8 Å². The molecule has 2 aromatic heterocycles. The summed E-state index contributed by atoms with van der Waals surface area (Å²) >= 11 is 0. The minimum absolute atomic E-state index is 0.0963. The number of benzene rings is 2. The van der Waals surface area contributed by atoms with Crippen molar-refractivity contribution in [1.82, 2.24) is 14.9 Å². The van der Waals surface area contributed by atoms with E-state index in [4.69, 9.17) is 4.74 Å². The van der Waals surface area contributed by atoms with Crippen LogP contribution in [0.2, 0.25) is 0 Å². The van der Waals surface area contributed by atoms with Crippen molar-refractivity contribution in [3.05, 3.63) is 65.0 Å². The summed E-state index contributed by atoms with van der Waals surface area (Å²) in [5.41, 5.74) is 3.18. The number of aromatic nitrogens is 2. The van der Waals surface area contributed by atoms with Crippen LogP contribution in [-0.4, -0.2) is 41.1 Å². The molecule has 0 saturated carbocycles. The molecule has 0 unspecified atom stereocenters. The molecule has 2 N–H and O–H groups in total. The highest BCUT2D eigenvalue weighted by molar-refractivity contribution is 5.89. The van der Waals surface area contributed by atoms with E-state index in [0.717, 1.165) is 52.9 Å². The first-order chi connectivity index (χ1) is 13.7. The normalized spacial score (nSPS) is 11.5. The van der Waals surface area contributed by atoms with Crippen LogP contribution in [0.4, 0.5) is 0 Å². The Labute approximate surface area is 164 Å². The third kappa shape index (κ3) is 3.66. The summed E-state index contributed by atoms with van der Waals surface area (Å²) in [4.78, 5) is 21.2. The average Bonchev–Trinajstić information content (AvgIpc) is 3.14. The van der Waals surface area contributed by atoms with Gasteiger partial charge < -0.3 is 19.6 Å². The summed E-state index contributed by atoms with van der Waals surface area (Å²) in [6.45, 7) is 7.95. The fourth-order valence-electron chi connectivity index (χ4n) is 3.53. The predicted molar refractivity (Wildman–Crippen MR) is 115 cm³/mol. The zero-order chi connectivity index (χ0) is 19.5. The number of hydrogen-bond acceptors (Lipinski definition) is 3. The van der Waals surface area contributed by atoms with Gasteiger partial charge in [-0.05, 0) is 54.9 Å². The van der Waals surface area contributed by atoms with Gasteiger partial charge in [0.15, 0.2) is 0 Å². The zero-order valence-electron chi connectivity index (χ0n) is 16.3. The molecule has 0 aliphatic rings. The maximum absolute atomic E-state index is 12.5.